The van der Waals surface area contributed by atoms with Crippen LogP contribution in [0.3, 0.4) is 0 Å². The van der Waals surface area contributed by atoms with Crippen molar-refractivity contribution >= 4 is 23.8 Å². The number of hydrogen-bond acceptors (Lipinski definition) is 3. The number of nitrogens with one attached hydrogen (secondary N) is 1. The molecule has 0 heterocycles. The lowest BCUT2D eigenvalue weighted by Crippen LogP contribution is -2.52. The van der Waals surface area contributed by atoms with E-state index in [0.29, 0.717) is 6.54 Å². The third kappa shape index (κ3) is 7.42. The highest BCUT2D eigenvalue weighted by atomic mass is 32.2. The summed E-state index contributed by atoms with van der Waals surface area (Å²) in [4.78, 5) is 24.0. The van der Waals surface area contributed by atoms with Gasteiger partial charge in [-0.25, -0.2) is 4.79 Å². The zero-order valence-corrected chi connectivity index (χ0v) is 12.5. The Balaban J connectivity index is 4.19. The zero-order chi connectivity index (χ0) is 14.2. The van der Waals surface area contributed by atoms with Crippen LogP contribution in [-0.4, -0.2) is 52.6 Å². The summed E-state index contributed by atoms with van der Waals surface area (Å²) in [6.45, 7) is 5.78. The van der Waals surface area contributed by atoms with Gasteiger partial charge in [0.15, 0.2) is 0 Å². The van der Waals surface area contributed by atoms with E-state index in [1.165, 1.54) is 4.90 Å². The van der Waals surface area contributed by atoms with E-state index in [1.807, 2.05) is 27.0 Å². The molecule has 0 bridgehead atoms. The Morgan fingerprint density at radius 2 is 1.89 bits per heavy atom. The Morgan fingerprint density at radius 3 is 2.33 bits per heavy atom. The molecule has 0 saturated carbocycles. The van der Waals surface area contributed by atoms with E-state index in [2.05, 4.69) is 5.32 Å². The molecule has 5 nitrogen and oxygen atoms in total. The summed E-state index contributed by atoms with van der Waals surface area (Å²) >= 11 is 1.78. The average Bonchev–Trinajstić information content (AvgIpc) is 2.23. The van der Waals surface area contributed by atoms with Crippen LogP contribution in [0.1, 0.15) is 33.6 Å². The Bertz CT molecular complexity index is 277. The first-order chi connectivity index (χ1) is 8.29. The second-order valence-electron chi connectivity index (χ2n) is 5.08. The zero-order valence-electron chi connectivity index (χ0n) is 11.7. The molecule has 0 radical (unpaired) electrons. The topological polar surface area (TPSA) is 69.6 Å². The minimum atomic E-state index is -0.998. The number of carboxylic acids is 1. The second-order valence-corrected chi connectivity index (χ2v) is 6.07. The molecule has 2 amide bonds. The van der Waals surface area contributed by atoms with Crippen molar-refractivity contribution in [2.45, 2.75) is 39.2 Å². The fourth-order valence-corrected chi connectivity index (χ4v) is 1.90. The molecular weight excluding hydrogens is 252 g/mol. The molecule has 0 atom stereocenters. The van der Waals surface area contributed by atoms with Crippen molar-refractivity contribution in [2.75, 3.05) is 25.1 Å². The van der Waals surface area contributed by atoms with Gasteiger partial charge in [-0.05, 0) is 45.6 Å². The van der Waals surface area contributed by atoms with Gasteiger partial charge in [0, 0.05) is 12.1 Å². The minimum absolute atomic E-state index is 0.278. The third-order valence-electron chi connectivity index (χ3n) is 2.40. The highest BCUT2D eigenvalue weighted by molar-refractivity contribution is 7.98. The number of amides is 2. The van der Waals surface area contributed by atoms with E-state index < -0.39 is 11.5 Å². The van der Waals surface area contributed by atoms with Gasteiger partial charge in [0.05, 0.1) is 0 Å². The number of rotatable bonds is 7. The molecule has 6 heteroatoms. The van der Waals surface area contributed by atoms with Crippen LogP contribution < -0.4 is 5.32 Å². The Labute approximate surface area is 113 Å². The third-order valence-corrected chi connectivity index (χ3v) is 3.10. The van der Waals surface area contributed by atoms with Crippen LogP contribution in [0.4, 0.5) is 4.79 Å². The van der Waals surface area contributed by atoms with E-state index in [4.69, 9.17) is 5.11 Å². The maximum absolute atomic E-state index is 11.9. The summed E-state index contributed by atoms with van der Waals surface area (Å²) in [6.07, 6.45) is 4.01. The second kappa shape index (κ2) is 8.24. The number of carboxylic acid groups (broad SMARTS) is 1. The van der Waals surface area contributed by atoms with Crippen LogP contribution >= 0.6 is 11.8 Å². The molecule has 0 aromatic carbocycles. The number of carbonyl (C=O) groups excluding carboxylic acids is 1. The lowest BCUT2D eigenvalue weighted by molar-refractivity contribution is -0.138. The Kier molecular flexibility index (Phi) is 7.82. The number of nitrogens with zero attached hydrogens (tertiary/aromatic N) is 1. The number of urea groups is 1. The van der Waals surface area contributed by atoms with Crippen molar-refractivity contribution in [1.29, 1.82) is 0 Å². The minimum Gasteiger partial charge on any atom is -0.480 e. The van der Waals surface area contributed by atoms with Gasteiger partial charge in [0.1, 0.15) is 6.54 Å². The van der Waals surface area contributed by atoms with Gasteiger partial charge >= 0.3 is 12.0 Å². The number of carbonyl (C=O) groups is 2. The molecule has 0 rings (SSSR count). The van der Waals surface area contributed by atoms with E-state index in [9.17, 15) is 9.59 Å². The first-order valence-electron chi connectivity index (χ1n) is 6.05. The highest BCUT2D eigenvalue weighted by Gasteiger charge is 2.27. The SMILES string of the molecule is CSCCCCNC(=O)N(CC(=O)O)C(C)(C)C. The Hall–Kier alpha value is -0.910. The Morgan fingerprint density at radius 1 is 1.28 bits per heavy atom. The fourth-order valence-electron chi connectivity index (χ4n) is 1.41. The lowest BCUT2D eigenvalue weighted by atomic mass is 10.1. The summed E-state index contributed by atoms with van der Waals surface area (Å²) in [6, 6.07) is -0.311. The van der Waals surface area contributed by atoms with E-state index >= 15 is 0 Å². The first kappa shape index (κ1) is 17.1. The molecule has 0 aromatic heterocycles. The van der Waals surface area contributed by atoms with Crippen LogP contribution in [0.5, 0.6) is 0 Å². The standard InChI is InChI=1S/C12H24N2O3S/c1-12(2,3)14(9-10(15)16)11(17)13-7-5-6-8-18-4/h5-9H2,1-4H3,(H,13,17)(H,15,16). The number of unbranched alkanes of at least 4 members (excludes halogenated alkanes) is 1. The maximum Gasteiger partial charge on any atom is 0.323 e. The predicted octanol–water partition coefficient (Wildman–Crippen LogP) is 2.02. The summed E-state index contributed by atoms with van der Waals surface area (Å²) in [7, 11) is 0. The van der Waals surface area contributed by atoms with Crippen molar-refractivity contribution in [3.63, 3.8) is 0 Å². The molecule has 0 aliphatic rings. The molecule has 0 aromatic rings. The van der Waals surface area contributed by atoms with Crippen molar-refractivity contribution in [3.8, 4) is 0 Å². The van der Waals surface area contributed by atoms with E-state index in [1.54, 1.807) is 11.8 Å². The molecule has 0 saturated heterocycles. The molecule has 0 aliphatic carbocycles. The molecule has 106 valence electrons. The van der Waals surface area contributed by atoms with Crippen LogP contribution in [-0.2, 0) is 4.79 Å². The molecule has 0 fully saturated rings. The molecule has 18 heavy (non-hydrogen) atoms. The molecule has 0 spiro atoms. The van der Waals surface area contributed by atoms with Gasteiger partial charge in [-0.2, -0.15) is 11.8 Å². The average molecular weight is 276 g/mol. The van der Waals surface area contributed by atoms with Gasteiger partial charge in [-0.3, -0.25) is 4.79 Å². The number of hydrogen-bond donors (Lipinski definition) is 2. The van der Waals surface area contributed by atoms with Crippen LogP contribution in [0, 0.1) is 0 Å². The van der Waals surface area contributed by atoms with Crippen molar-refractivity contribution in [1.82, 2.24) is 10.2 Å². The normalized spacial score (nSPS) is 11.1. The van der Waals surface area contributed by atoms with Gasteiger partial charge < -0.3 is 15.3 Å². The van der Waals surface area contributed by atoms with Gasteiger partial charge in [0.2, 0.25) is 0 Å². The van der Waals surface area contributed by atoms with Crippen LogP contribution in [0.15, 0.2) is 0 Å². The largest absolute Gasteiger partial charge is 0.480 e. The molecule has 0 unspecified atom stereocenters. The predicted molar refractivity (Wildman–Crippen MR) is 75.1 cm³/mol. The summed E-state index contributed by atoms with van der Waals surface area (Å²) in [5.41, 5.74) is -0.498. The van der Waals surface area contributed by atoms with Gasteiger partial charge in [0.25, 0.3) is 0 Å². The fraction of sp³-hybridized carbons (Fsp3) is 0.833. The summed E-state index contributed by atoms with van der Waals surface area (Å²) < 4.78 is 0. The maximum atomic E-state index is 11.9. The van der Waals surface area contributed by atoms with Crippen LogP contribution in [0.25, 0.3) is 0 Å². The van der Waals surface area contributed by atoms with Crippen molar-refractivity contribution in [3.05, 3.63) is 0 Å². The highest BCUT2D eigenvalue weighted by Crippen LogP contribution is 2.12. The molecular formula is C12H24N2O3S. The van der Waals surface area contributed by atoms with Crippen molar-refractivity contribution < 1.29 is 14.7 Å². The van der Waals surface area contributed by atoms with E-state index in [0.717, 1.165) is 18.6 Å². The molecule has 2 N–H and O–H groups in total. The smallest absolute Gasteiger partial charge is 0.323 e. The lowest BCUT2D eigenvalue weighted by Gasteiger charge is -2.34. The van der Waals surface area contributed by atoms with Crippen LogP contribution in [0.2, 0.25) is 0 Å². The summed E-state index contributed by atoms with van der Waals surface area (Å²) in [5.74, 6) is 0.0796. The summed E-state index contributed by atoms with van der Waals surface area (Å²) in [5, 5.41) is 11.6. The number of aliphatic carboxylic acids is 1. The molecule has 0 aliphatic heterocycles. The monoisotopic (exact) mass is 276 g/mol. The van der Waals surface area contributed by atoms with Crippen molar-refractivity contribution in [2.24, 2.45) is 0 Å². The number of thioether (sulfide) groups is 1. The van der Waals surface area contributed by atoms with E-state index in [-0.39, 0.29) is 12.6 Å². The first-order valence-corrected chi connectivity index (χ1v) is 7.44. The van der Waals surface area contributed by atoms with Gasteiger partial charge in [-0.15, -0.1) is 0 Å². The van der Waals surface area contributed by atoms with Gasteiger partial charge in [-0.1, -0.05) is 0 Å². The quantitative estimate of drug-likeness (QED) is 0.698.